The number of halogens is 1. The molecule has 3 aliphatic rings. The molecule has 6 rings (SSSR count). The molecule has 1 saturated carbocycles. The summed E-state index contributed by atoms with van der Waals surface area (Å²) in [7, 11) is 0. The number of ketones is 1. The highest BCUT2D eigenvalue weighted by molar-refractivity contribution is 5.96. The summed E-state index contributed by atoms with van der Waals surface area (Å²) < 4.78 is 17.5. The van der Waals surface area contributed by atoms with Crippen LogP contribution in [0.15, 0.2) is 90.5 Å². The fraction of sp³-hybridized carbons (Fsp3) is 0.361. The van der Waals surface area contributed by atoms with Crippen molar-refractivity contribution in [1.29, 1.82) is 0 Å². The van der Waals surface area contributed by atoms with Gasteiger partial charge in [-0.05, 0) is 99.3 Å². The van der Waals surface area contributed by atoms with Gasteiger partial charge >= 0.3 is 0 Å². The predicted molar refractivity (Wildman–Crippen MR) is 165 cm³/mol. The number of likely N-dealkylation sites (tertiary alicyclic amines) is 1. The van der Waals surface area contributed by atoms with Gasteiger partial charge in [-0.15, -0.1) is 0 Å². The van der Waals surface area contributed by atoms with Crippen LogP contribution in [-0.2, 0) is 4.79 Å². The molecule has 1 aliphatic heterocycles. The van der Waals surface area contributed by atoms with Crippen molar-refractivity contribution in [2.75, 3.05) is 13.1 Å². The van der Waals surface area contributed by atoms with Gasteiger partial charge in [-0.2, -0.15) is 0 Å². The van der Waals surface area contributed by atoms with Crippen LogP contribution in [0.2, 0.25) is 0 Å². The second kappa shape index (κ2) is 12.4. The molecule has 0 radical (unpaired) electrons. The number of hydrogen-bond donors (Lipinski definition) is 0. The van der Waals surface area contributed by atoms with Gasteiger partial charge in [-0.3, -0.25) is 14.0 Å². The number of Topliss-reactive ketones (excluding diaryl/α,β-unsaturated/α-hetero) is 1. The van der Waals surface area contributed by atoms with Crippen LogP contribution >= 0.6 is 0 Å². The highest BCUT2D eigenvalue weighted by atomic mass is 19.1. The molecule has 0 spiro atoms. The Bertz CT molecular complexity index is 1620. The maximum Gasteiger partial charge on any atom is 0.246 e. The molecule has 2 aromatic heterocycles. The average Bonchev–Trinajstić information content (AvgIpc) is 3.58. The fourth-order valence-corrected chi connectivity index (χ4v) is 6.32. The summed E-state index contributed by atoms with van der Waals surface area (Å²) in [5.74, 6) is 0.440. The minimum atomic E-state index is -0.418. The van der Waals surface area contributed by atoms with Gasteiger partial charge in [0.2, 0.25) is 5.91 Å². The molecule has 1 amide bonds. The summed E-state index contributed by atoms with van der Waals surface area (Å²) in [4.78, 5) is 31.6. The van der Waals surface area contributed by atoms with Crippen LogP contribution in [0.3, 0.4) is 0 Å². The third-order valence-corrected chi connectivity index (χ3v) is 8.74. The number of fused-ring (bicyclic) bond motifs is 1. The molecule has 1 aromatic carbocycles. The minimum Gasteiger partial charge on any atom is -0.339 e. The molecular weight excluding hydrogens is 525 g/mol. The molecule has 2 fully saturated rings. The first-order valence-corrected chi connectivity index (χ1v) is 15.3. The highest BCUT2D eigenvalue weighted by Crippen LogP contribution is 2.39. The van der Waals surface area contributed by atoms with Crippen LogP contribution in [0.25, 0.3) is 16.8 Å². The Morgan fingerprint density at radius 3 is 2.79 bits per heavy atom. The topological polar surface area (TPSA) is 54.7 Å². The number of rotatable bonds is 9. The van der Waals surface area contributed by atoms with E-state index in [1.54, 1.807) is 36.8 Å². The third-order valence-electron chi connectivity index (χ3n) is 8.74. The van der Waals surface area contributed by atoms with E-state index in [2.05, 4.69) is 29.3 Å². The van der Waals surface area contributed by atoms with Gasteiger partial charge < -0.3 is 4.90 Å². The zero-order chi connectivity index (χ0) is 29.1. The molecule has 1 saturated heterocycles. The number of hydrogen-bond acceptors (Lipinski definition) is 3. The van der Waals surface area contributed by atoms with E-state index in [0.29, 0.717) is 42.2 Å². The Hall–Kier alpha value is -4.06. The van der Waals surface area contributed by atoms with Crippen LogP contribution in [0.4, 0.5) is 4.39 Å². The first kappa shape index (κ1) is 28.1. The highest BCUT2D eigenvalue weighted by Gasteiger charge is 2.29. The van der Waals surface area contributed by atoms with Crippen LogP contribution in [-0.4, -0.2) is 39.1 Å². The molecule has 3 aromatic rings. The van der Waals surface area contributed by atoms with Gasteiger partial charge in [0.15, 0.2) is 5.78 Å². The smallest absolute Gasteiger partial charge is 0.246 e. The van der Waals surface area contributed by atoms with Crippen molar-refractivity contribution >= 4 is 17.2 Å². The monoisotopic (exact) mass is 563 g/mol. The van der Waals surface area contributed by atoms with Gasteiger partial charge in [0, 0.05) is 42.8 Å². The summed E-state index contributed by atoms with van der Waals surface area (Å²) in [5, 5.41) is 0. The zero-order valence-corrected chi connectivity index (χ0v) is 24.3. The number of allylic oxidation sites excluding steroid dienone is 7. The van der Waals surface area contributed by atoms with Crippen molar-refractivity contribution in [2.45, 2.75) is 64.2 Å². The van der Waals surface area contributed by atoms with Gasteiger partial charge in [-0.1, -0.05) is 42.0 Å². The zero-order valence-electron chi connectivity index (χ0n) is 24.3. The summed E-state index contributed by atoms with van der Waals surface area (Å²) in [6.07, 6.45) is 23.5. The Morgan fingerprint density at radius 2 is 1.98 bits per heavy atom. The lowest BCUT2D eigenvalue weighted by molar-refractivity contribution is -0.125. The molecule has 216 valence electrons. The lowest BCUT2D eigenvalue weighted by Gasteiger charge is -2.14. The molecule has 0 bridgehead atoms. The summed E-state index contributed by atoms with van der Waals surface area (Å²) in [6, 6.07) is 8.80. The summed E-state index contributed by atoms with van der Waals surface area (Å²) >= 11 is 0. The first-order valence-electron chi connectivity index (χ1n) is 15.3. The van der Waals surface area contributed by atoms with Crippen molar-refractivity contribution in [3.63, 3.8) is 0 Å². The van der Waals surface area contributed by atoms with Crippen molar-refractivity contribution < 1.29 is 14.0 Å². The molecule has 6 heteroatoms. The summed E-state index contributed by atoms with van der Waals surface area (Å²) in [6.45, 7) is 3.17. The number of aromatic nitrogens is 2. The normalized spacial score (nSPS) is 22.4. The van der Waals surface area contributed by atoms with Crippen LogP contribution in [0, 0.1) is 11.7 Å². The maximum absolute atomic E-state index is 15.6. The number of carbonyl (C=O) groups excluding carboxylic acids is 2. The van der Waals surface area contributed by atoms with Crippen molar-refractivity contribution in [1.82, 2.24) is 14.3 Å². The second-order valence-electron chi connectivity index (χ2n) is 11.7. The Balaban J connectivity index is 1.16. The van der Waals surface area contributed by atoms with E-state index in [1.807, 2.05) is 28.4 Å². The second-order valence-corrected chi connectivity index (χ2v) is 11.7. The molecule has 42 heavy (non-hydrogen) atoms. The van der Waals surface area contributed by atoms with Crippen molar-refractivity contribution in [2.24, 2.45) is 5.92 Å². The largest absolute Gasteiger partial charge is 0.339 e. The Morgan fingerprint density at radius 1 is 1.10 bits per heavy atom. The first-order chi connectivity index (χ1) is 20.5. The lowest BCUT2D eigenvalue weighted by Crippen LogP contribution is -2.26. The van der Waals surface area contributed by atoms with E-state index in [-0.39, 0.29) is 17.6 Å². The van der Waals surface area contributed by atoms with Gasteiger partial charge in [-0.25, -0.2) is 9.37 Å². The van der Waals surface area contributed by atoms with Gasteiger partial charge in [0.1, 0.15) is 5.82 Å². The van der Waals surface area contributed by atoms with E-state index in [9.17, 15) is 9.59 Å². The Labute approximate surface area is 247 Å². The minimum absolute atomic E-state index is 0.0229. The number of amides is 1. The number of carbonyl (C=O) groups is 2. The molecule has 1 unspecified atom stereocenters. The van der Waals surface area contributed by atoms with Gasteiger partial charge in [0.25, 0.3) is 0 Å². The van der Waals surface area contributed by atoms with Crippen molar-refractivity contribution in [3.8, 4) is 11.3 Å². The molecule has 3 heterocycles. The van der Waals surface area contributed by atoms with Crippen molar-refractivity contribution in [3.05, 3.63) is 107 Å². The van der Waals surface area contributed by atoms with E-state index in [4.69, 9.17) is 0 Å². The standard InChI is InChI=1S/C36H38FN3O2/c1-2-7-36(42)39-19-17-29(23-39)31-22-34(40-24-38-18-16-33(31)40)30-15-14-28(21-32(30)37)35(41)11-6-9-25-8-4-3-5-10-27(20-25)26-12-13-26/h2,5,7-8,10,14-16,18,20-22,24,26,29H,3-4,6,9,11-13,17,19,23H2,1H3/b7-2+,10-5+,25-8+,27-20+. The van der Waals surface area contributed by atoms with E-state index < -0.39 is 5.82 Å². The molecular formula is C36H38FN3O2. The predicted octanol–water partition coefficient (Wildman–Crippen LogP) is 8.00. The molecule has 5 nitrogen and oxygen atoms in total. The van der Waals surface area contributed by atoms with Crippen LogP contribution < -0.4 is 0 Å². The SMILES string of the molecule is C/C=C/C(=O)N1CCC(c2cc(-c3ccc(C(=O)CCCC4=C\CC/C=C/C(C5CC5)=C\4)cc3F)n3cnccc23)C1. The van der Waals surface area contributed by atoms with E-state index in [1.165, 1.54) is 30.1 Å². The molecule has 2 aliphatic carbocycles. The maximum atomic E-state index is 15.6. The number of benzene rings is 1. The van der Waals surface area contributed by atoms with Gasteiger partial charge in [0.05, 0.1) is 17.5 Å². The lowest BCUT2D eigenvalue weighted by atomic mass is 9.96. The third kappa shape index (κ3) is 6.08. The molecule has 1 atom stereocenters. The summed E-state index contributed by atoms with van der Waals surface area (Å²) in [5.41, 5.74) is 6.33. The number of nitrogens with zero attached hydrogens (tertiary/aromatic N) is 3. The van der Waals surface area contributed by atoms with E-state index in [0.717, 1.165) is 43.2 Å². The fourth-order valence-electron chi connectivity index (χ4n) is 6.32. The van der Waals surface area contributed by atoms with Crippen LogP contribution in [0.5, 0.6) is 0 Å². The van der Waals surface area contributed by atoms with E-state index >= 15 is 4.39 Å². The molecule has 0 N–H and O–H groups in total. The average molecular weight is 564 g/mol. The van der Waals surface area contributed by atoms with Crippen LogP contribution in [0.1, 0.15) is 80.1 Å². The quantitative estimate of drug-likeness (QED) is 0.196. The Kier molecular flexibility index (Phi) is 8.31.